The first-order valence-electron chi connectivity index (χ1n) is 9.30. The predicted molar refractivity (Wildman–Crippen MR) is 120 cm³/mol. The molecule has 1 heterocycles. The van der Waals surface area contributed by atoms with Gasteiger partial charge in [-0.1, -0.05) is 35.9 Å². The standard InChI is InChI=1S/C23H16ClN3O4/c1-14-6-9-16(23-26-18-4-2-3-5-21(18)31-23)13-19(14)25-22(28)11-8-15-7-10-17(24)20(12-15)27(29)30/h2-13H,1H3,(H,25,28)/b11-8+. The summed E-state index contributed by atoms with van der Waals surface area (Å²) in [7, 11) is 0. The zero-order valence-corrected chi connectivity index (χ0v) is 17.1. The maximum absolute atomic E-state index is 12.4. The van der Waals surface area contributed by atoms with Crippen LogP contribution in [0, 0.1) is 17.0 Å². The van der Waals surface area contributed by atoms with Crippen molar-refractivity contribution >= 4 is 46.1 Å². The molecule has 154 valence electrons. The van der Waals surface area contributed by atoms with Gasteiger partial charge in [0.1, 0.15) is 10.5 Å². The number of benzene rings is 3. The summed E-state index contributed by atoms with van der Waals surface area (Å²) in [5.41, 5.74) is 3.91. The number of fused-ring (bicyclic) bond motifs is 1. The number of rotatable bonds is 5. The zero-order chi connectivity index (χ0) is 22.0. The number of carbonyl (C=O) groups excluding carboxylic acids is 1. The first-order valence-corrected chi connectivity index (χ1v) is 9.68. The van der Waals surface area contributed by atoms with Gasteiger partial charge < -0.3 is 9.73 Å². The quantitative estimate of drug-likeness (QED) is 0.236. The fourth-order valence-electron chi connectivity index (χ4n) is 3.00. The van der Waals surface area contributed by atoms with Crippen LogP contribution in [0.1, 0.15) is 11.1 Å². The van der Waals surface area contributed by atoms with Crippen LogP contribution >= 0.6 is 11.6 Å². The van der Waals surface area contributed by atoms with Crippen molar-refractivity contribution in [2.24, 2.45) is 0 Å². The number of nitrogens with zero attached hydrogens (tertiary/aromatic N) is 2. The highest BCUT2D eigenvalue weighted by Crippen LogP contribution is 2.28. The van der Waals surface area contributed by atoms with E-state index in [9.17, 15) is 14.9 Å². The van der Waals surface area contributed by atoms with E-state index in [1.54, 1.807) is 12.1 Å². The molecule has 8 heteroatoms. The van der Waals surface area contributed by atoms with Gasteiger partial charge in [-0.2, -0.15) is 0 Å². The zero-order valence-electron chi connectivity index (χ0n) is 16.3. The van der Waals surface area contributed by atoms with Crippen LogP contribution in [0.2, 0.25) is 5.02 Å². The van der Waals surface area contributed by atoms with Gasteiger partial charge in [0, 0.05) is 23.4 Å². The summed E-state index contributed by atoms with van der Waals surface area (Å²) in [5, 5.41) is 13.9. The highest BCUT2D eigenvalue weighted by Gasteiger charge is 2.13. The topological polar surface area (TPSA) is 98.3 Å². The molecule has 31 heavy (non-hydrogen) atoms. The average molecular weight is 434 g/mol. The normalized spacial score (nSPS) is 11.2. The minimum Gasteiger partial charge on any atom is -0.436 e. The van der Waals surface area contributed by atoms with E-state index in [1.165, 1.54) is 24.3 Å². The Balaban J connectivity index is 1.54. The van der Waals surface area contributed by atoms with Crippen molar-refractivity contribution < 1.29 is 14.1 Å². The lowest BCUT2D eigenvalue weighted by molar-refractivity contribution is -0.384. The number of halogens is 1. The minimum absolute atomic E-state index is 0.0400. The lowest BCUT2D eigenvalue weighted by atomic mass is 10.1. The van der Waals surface area contributed by atoms with Crippen molar-refractivity contribution in [3.8, 4) is 11.5 Å². The van der Waals surface area contributed by atoms with Crippen molar-refractivity contribution in [3.63, 3.8) is 0 Å². The number of oxazole rings is 1. The summed E-state index contributed by atoms with van der Waals surface area (Å²) in [6.07, 6.45) is 2.79. The van der Waals surface area contributed by atoms with Gasteiger partial charge in [0.2, 0.25) is 11.8 Å². The lowest BCUT2D eigenvalue weighted by Gasteiger charge is -2.08. The molecular weight excluding hydrogens is 418 g/mol. The smallest absolute Gasteiger partial charge is 0.288 e. The summed E-state index contributed by atoms with van der Waals surface area (Å²) in [6.45, 7) is 1.87. The van der Waals surface area contributed by atoms with Crippen molar-refractivity contribution in [1.29, 1.82) is 0 Å². The Hall–Kier alpha value is -3.97. The van der Waals surface area contributed by atoms with E-state index in [0.717, 1.165) is 16.6 Å². The Morgan fingerprint density at radius 1 is 1.16 bits per heavy atom. The van der Waals surface area contributed by atoms with E-state index in [1.807, 2.05) is 43.3 Å². The maximum Gasteiger partial charge on any atom is 0.288 e. The molecule has 4 aromatic rings. The number of nitrogens with one attached hydrogen (secondary N) is 1. The molecule has 0 unspecified atom stereocenters. The fraction of sp³-hybridized carbons (Fsp3) is 0.0435. The van der Waals surface area contributed by atoms with E-state index < -0.39 is 4.92 Å². The average Bonchev–Trinajstić information content (AvgIpc) is 3.19. The van der Waals surface area contributed by atoms with Crippen LogP contribution < -0.4 is 5.32 Å². The number of para-hydroxylation sites is 2. The van der Waals surface area contributed by atoms with E-state index >= 15 is 0 Å². The third-order valence-electron chi connectivity index (χ3n) is 4.63. The number of aromatic nitrogens is 1. The molecule has 0 aliphatic heterocycles. The Bertz CT molecular complexity index is 1310. The van der Waals surface area contributed by atoms with Crippen molar-refractivity contribution in [1.82, 2.24) is 4.98 Å². The van der Waals surface area contributed by atoms with E-state index in [-0.39, 0.29) is 16.6 Å². The second-order valence-electron chi connectivity index (χ2n) is 6.81. The molecule has 0 bridgehead atoms. The number of carbonyl (C=O) groups is 1. The molecule has 1 N–H and O–H groups in total. The Labute approximate surface area is 182 Å². The van der Waals surface area contributed by atoms with Crippen LogP contribution in [0.15, 0.2) is 71.2 Å². The second-order valence-corrected chi connectivity index (χ2v) is 7.21. The molecular formula is C23H16ClN3O4. The van der Waals surface area contributed by atoms with Gasteiger partial charge >= 0.3 is 0 Å². The Kier molecular flexibility index (Phi) is 5.51. The molecule has 3 aromatic carbocycles. The molecule has 0 aliphatic rings. The monoisotopic (exact) mass is 433 g/mol. The van der Waals surface area contributed by atoms with E-state index in [2.05, 4.69) is 10.3 Å². The van der Waals surface area contributed by atoms with Crippen molar-refractivity contribution in [2.45, 2.75) is 6.92 Å². The van der Waals surface area contributed by atoms with Crippen LogP contribution in [-0.4, -0.2) is 15.8 Å². The van der Waals surface area contributed by atoms with Gasteiger partial charge in [-0.05, 0) is 54.5 Å². The molecule has 0 saturated carbocycles. The van der Waals surface area contributed by atoms with Crippen LogP contribution in [0.25, 0.3) is 28.6 Å². The molecule has 1 aromatic heterocycles. The summed E-state index contributed by atoms with van der Waals surface area (Å²) in [6, 6.07) is 17.3. The van der Waals surface area contributed by atoms with Crippen LogP contribution in [0.4, 0.5) is 11.4 Å². The number of aryl methyl sites for hydroxylation is 1. The third kappa shape index (κ3) is 4.46. The number of nitro benzene ring substituents is 1. The van der Waals surface area contributed by atoms with Crippen molar-refractivity contribution in [2.75, 3.05) is 5.32 Å². The predicted octanol–water partition coefficient (Wildman–Crippen LogP) is 6.02. The number of anilines is 1. The number of amides is 1. The van der Waals surface area contributed by atoms with Gasteiger partial charge in [0.25, 0.3) is 5.69 Å². The van der Waals surface area contributed by atoms with Gasteiger partial charge in [0.15, 0.2) is 5.58 Å². The number of hydrogen-bond acceptors (Lipinski definition) is 5. The van der Waals surface area contributed by atoms with E-state index in [0.29, 0.717) is 22.7 Å². The second kappa shape index (κ2) is 8.41. The maximum atomic E-state index is 12.4. The molecule has 0 saturated heterocycles. The highest BCUT2D eigenvalue weighted by atomic mass is 35.5. The Morgan fingerprint density at radius 3 is 2.74 bits per heavy atom. The number of hydrogen-bond donors (Lipinski definition) is 1. The van der Waals surface area contributed by atoms with E-state index in [4.69, 9.17) is 16.0 Å². The SMILES string of the molecule is Cc1ccc(-c2nc3ccccc3o2)cc1NC(=O)/C=C/c1ccc(Cl)c([N+](=O)[O-])c1. The van der Waals surface area contributed by atoms with Gasteiger partial charge in [0.05, 0.1) is 4.92 Å². The van der Waals surface area contributed by atoms with Crippen LogP contribution in [0.3, 0.4) is 0 Å². The first-order chi connectivity index (χ1) is 14.9. The van der Waals surface area contributed by atoms with Gasteiger partial charge in [-0.3, -0.25) is 14.9 Å². The molecule has 0 radical (unpaired) electrons. The summed E-state index contributed by atoms with van der Waals surface area (Å²) >= 11 is 5.81. The third-order valence-corrected chi connectivity index (χ3v) is 4.95. The molecule has 0 atom stereocenters. The minimum atomic E-state index is -0.569. The lowest BCUT2D eigenvalue weighted by Crippen LogP contribution is -2.09. The van der Waals surface area contributed by atoms with Crippen molar-refractivity contribution in [3.05, 3.63) is 93.0 Å². The first kappa shape index (κ1) is 20.3. The molecule has 7 nitrogen and oxygen atoms in total. The molecule has 4 rings (SSSR count). The summed E-state index contributed by atoms with van der Waals surface area (Å²) in [5.74, 6) is 0.0798. The van der Waals surface area contributed by atoms with Gasteiger partial charge in [-0.15, -0.1) is 0 Å². The molecule has 0 aliphatic carbocycles. The fourth-order valence-corrected chi connectivity index (χ4v) is 3.19. The molecule has 0 spiro atoms. The largest absolute Gasteiger partial charge is 0.436 e. The molecule has 0 fully saturated rings. The summed E-state index contributed by atoms with van der Waals surface area (Å²) in [4.78, 5) is 27.3. The Morgan fingerprint density at radius 2 is 1.97 bits per heavy atom. The molecule has 1 amide bonds. The van der Waals surface area contributed by atoms with Crippen LogP contribution in [0.5, 0.6) is 0 Å². The number of nitro groups is 1. The van der Waals surface area contributed by atoms with Crippen LogP contribution in [-0.2, 0) is 4.79 Å². The summed E-state index contributed by atoms with van der Waals surface area (Å²) < 4.78 is 5.80. The highest BCUT2D eigenvalue weighted by molar-refractivity contribution is 6.32. The van der Waals surface area contributed by atoms with Gasteiger partial charge in [-0.25, -0.2) is 4.98 Å².